The van der Waals surface area contributed by atoms with Gasteiger partial charge in [-0.2, -0.15) is 0 Å². The van der Waals surface area contributed by atoms with Crippen molar-refractivity contribution in [2.45, 2.75) is 195 Å². The smallest absolute Gasteiger partial charge is 0.340 e. The van der Waals surface area contributed by atoms with E-state index >= 15 is 4.79 Å². The van der Waals surface area contributed by atoms with Gasteiger partial charge in [-0.25, -0.2) is 4.79 Å². The third kappa shape index (κ3) is 20.4. The number of phenols is 3. The number of nitrogens with zero attached hydrogens (tertiary/aromatic N) is 5. The second-order valence-corrected chi connectivity index (χ2v) is 29.5. The topological polar surface area (TPSA) is 553 Å². The van der Waals surface area contributed by atoms with Crippen LogP contribution in [0.1, 0.15) is 156 Å². The molecule has 10 rings (SSSR count). The predicted molar refractivity (Wildman–Crippen MR) is 409 cm³/mol. The maximum absolute atomic E-state index is 15.0. The standard InChI is InChI=1S/C77H93N13O25S/c1-39(72(108)89-29-7-5-10-55(89)74(110)90-38-45(115-80-37-41-14-24-58(112-3)57(94)32-41)36-56(90)70(106)84-51(22-26-63(98)99)67(103)83-50(66(78)102)21-25-62(96)97)81-71(107)65(40(2)91)86-69(105)54-12-9-31-88(54)73(109)52(23-27-64(100)101)85-68(104)53-11-8-30-87(53)61(95)13-4-6-28-79-76(116)82-42-15-18-46-49(33-42)77(114-75(46)111)47-19-16-43(92)34-59(47)113-60-35-44(93)17-20-48(60)77/h14-20,24,32-35,37,39-40,45,50-56,65,91-94H,4-13,21-23,25-31,36,38H2,1-3H3,(H2,78,102)(H,81,107)(H,83,103)(H,84,106)(H,85,104)(H,86,105)(H,96,97)(H,98,99)(H,100,101)(H2,79,82,116)/b80-37-/t39-,40+,45-,50-,51-,52-,53-,54-,55?,56-,65-/m0/s1. The van der Waals surface area contributed by atoms with Crippen molar-refractivity contribution in [3.63, 3.8) is 0 Å². The monoisotopic (exact) mass is 1630 g/mol. The number of rotatable bonds is 34. The van der Waals surface area contributed by atoms with Gasteiger partial charge in [-0.3, -0.25) is 62.3 Å². The maximum atomic E-state index is 15.0. The van der Waals surface area contributed by atoms with Crippen molar-refractivity contribution in [2.75, 3.05) is 45.2 Å². The van der Waals surface area contributed by atoms with Crippen LogP contribution in [0.25, 0.3) is 0 Å². The Labute approximate surface area is 669 Å². The van der Waals surface area contributed by atoms with E-state index in [1.807, 2.05) is 0 Å². The summed E-state index contributed by atoms with van der Waals surface area (Å²) < 4.78 is 17.3. The number of carboxylic acids is 3. The largest absolute Gasteiger partial charge is 0.508 e. The van der Waals surface area contributed by atoms with Crippen LogP contribution in [0.2, 0.25) is 0 Å². The molecule has 11 atom stereocenters. The number of unbranched alkanes of at least 4 members (excludes halogenated alkanes) is 1. The molecule has 622 valence electrons. The lowest BCUT2D eigenvalue weighted by atomic mass is 9.77. The number of nitrogens with one attached hydrogen (secondary N) is 7. The highest BCUT2D eigenvalue weighted by Crippen LogP contribution is 2.57. The molecule has 38 nitrogen and oxygen atoms in total. The summed E-state index contributed by atoms with van der Waals surface area (Å²) in [5.41, 5.74) is 6.34. The predicted octanol–water partition coefficient (Wildman–Crippen LogP) is 1.12. The molecule has 0 aliphatic carbocycles. The summed E-state index contributed by atoms with van der Waals surface area (Å²) >= 11 is 5.63. The zero-order valence-corrected chi connectivity index (χ0v) is 64.4. The number of aromatic hydroxyl groups is 3. The van der Waals surface area contributed by atoms with Gasteiger partial charge in [-0.15, -0.1) is 0 Å². The number of carboxylic acid groups (broad SMARTS) is 3. The lowest BCUT2D eigenvalue weighted by Crippen LogP contribution is -2.62. The second kappa shape index (κ2) is 38.1. The van der Waals surface area contributed by atoms with Crippen LogP contribution in [0, 0.1) is 0 Å². The second-order valence-electron chi connectivity index (χ2n) is 29.1. The molecule has 4 aromatic rings. The van der Waals surface area contributed by atoms with E-state index in [-0.39, 0.29) is 116 Å². The number of aliphatic hydroxyl groups is 1. The number of aliphatic carboxylic acids is 3. The molecule has 1 unspecified atom stereocenters. The minimum absolute atomic E-state index is 0.0161. The molecule has 4 fully saturated rings. The Bertz CT molecular complexity index is 4470. The van der Waals surface area contributed by atoms with Gasteiger partial charge in [-0.1, -0.05) is 5.16 Å². The fourth-order valence-corrected chi connectivity index (χ4v) is 15.4. The molecule has 0 radical (unpaired) electrons. The van der Waals surface area contributed by atoms with Crippen LogP contribution >= 0.6 is 12.2 Å². The Morgan fingerprint density at radius 1 is 0.629 bits per heavy atom. The number of benzene rings is 4. The van der Waals surface area contributed by atoms with Crippen LogP contribution in [0.3, 0.4) is 0 Å². The van der Waals surface area contributed by atoms with E-state index < -0.39 is 188 Å². The van der Waals surface area contributed by atoms with Gasteiger partial charge in [-0.05, 0) is 169 Å². The SMILES string of the molecule is COc1ccc(/C=N\O[C@H]2C[C@@H](C(=O)N[C@@H](CCC(=O)O)C(=O)N[C@@H](CCC(=O)O)C(N)=O)N(C(=O)C3CCCCN3C(=O)[C@H](C)NC(=O)[C@@H](NC(=O)[C@@H]3CCCN3C(=O)[C@H](CCC(=O)O)NC(=O)[C@@H]3CCCN3C(=O)CCCCNC(=S)Nc3ccc4c(c3)C3(OC4=O)c4ccc(O)cc4Oc4cc(O)ccc43)[C@@H](C)O)C2)cc1O. The summed E-state index contributed by atoms with van der Waals surface area (Å²) in [6, 6.07) is 4.87. The highest BCUT2D eigenvalue weighted by molar-refractivity contribution is 7.80. The molecular formula is C77H93N13O25S. The fraction of sp³-hybridized carbons (Fsp3) is 0.481. The van der Waals surface area contributed by atoms with Crippen molar-refractivity contribution in [3.8, 4) is 34.5 Å². The van der Waals surface area contributed by atoms with Gasteiger partial charge in [0.25, 0.3) is 0 Å². The number of phenolic OH excluding ortho intramolecular Hbond substituents is 3. The molecule has 4 saturated heterocycles. The van der Waals surface area contributed by atoms with Crippen LogP contribution < -0.4 is 52.4 Å². The van der Waals surface area contributed by atoms with E-state index in [1.54, 1.807) is 30.3 Å². The molecule has 6 aliphatic rings. The molecule has 0 saturated carbocycles. The van der Waals surface area contributed by atoms with Crippen LogP contribution in [0.15, 0.2) is 78.0 Å². The average molecular weight is 1630 g/mol. The summed E-state index contributed by atoms with van der Waals surface area (Å²) in [6.45, 7) is 2.51. The van der Waals surface area contributed by atoms with Crippen molar-refractivity contribution in [3.05, 3.63) is 101 Å². The lowest BCUT2D eigenvalue weighted by Gasteiger charge is -2.39. The first-order chi connectivity index (χ1) is 55.3. The minimum atomic E-state index is -1.78. The van der Waals surface area contributed by atoms with Crippen LogP contribution in [0.5, 0.6) is 34.5 Å². The van der Waals surface area contributed by atoms with Crippen molar-refractivity contribution < 1.29 is 122 Å². The van der Waals surface area contributed by atoms with Crippen molar-refractivity contribution in [2.24, 2.45) is 10.9 Å². The number of ether oxygens (including phenoxy) is 3. The van der Waals surface area contributed by atoms with Crippen molar-refractivity contribution in [1.82, 2.24) is 51.5 Å². The summed E-state index contributed by atoms with van der Waals surface area (Å²) in [5, 5.41) is 93.5. The molecular weight excluding hydrogens is 1540 g/mol. The van der Waals surface area contributed by atoms with Gasteiger partial charge in [0.15, 0.2) is 22.2 Å². The zero-order chi connectivity index (χ0) is 84.0. The molecule has 6 aliphatic heterocycles. The number of thiocarbonyl (C=S) groups is 1. The number of methoxy groups -OCH3 is 1. The van der Waals surface area contributed by atoms with E-state index in [0.717, 1.165) is 9.80 Å². The van der Waals surface area contributed by atoms with E-state index in [9.17, 15) is 98.1 Å². The molecule has 116 heavy (non-hydrogen) atoms. The quantitative estimate of drug-likeness (QED) is 0.0102. The van der Waals surface area contributed by atoms with Crippen LogP contribution in [-0.4, -0.2) is 256 Å². The van der Waals surface area contributed by atoms with Crippen molar-refractivity contribution in [1.29, 1.82) is 0 Å². The zero-order valence-electron chi connectivity index (χ0n) is 63.6. The summed E-state index contributed by atoms with van der Waals surface area (Å²) in [6.07, 6.45) is -2.64. The van der Waals surface area contributed by atoms with Gasteiger partial charge in [0.2, 0.25) is 59.1 Å². The van der Waals surface area contributed by atoms with E-state index in [2.05, 4.69) is 42.4 Å². The first-order valence-corrected chi connectivity index (χ1v) is 38.4. The number of carbonyl (C=O) groups excluding carboxylic acids is 11. The molecule has 0 aromatic heterocycles. The average Bonchev–Trinajstić information content (AvgIpc) is 1.50. The third-order valence-corrected chi connectivity index (χ3v) is 21.3. The van der Waals surface area contributed by atoms with E-state index in [1.165, 1.54) is 79.4 Å². The number of piperidine rings is 1. The first kappa shape index (κ1) is 86.0. The van der Waals surface area contributed by atoms with E-state index in [4.69, 9.17) is 37.0 Å². The lowest BCUT2D eigenvalue weighted by molar-refractivity contribution is -0.151. The van der Waals surface area contributed by atoms with Gasteiger partial charge in [0.1, 0.15) is 83.5 Å². The number of amides is 10. The number of aliphatic hydroxyl groups excluding tert-OH is 1. The van der Waals surface area contributed by atoms with E-state index in [0.29, 0.717) is 66.6 Å². The molecule has 6 heterocycles. The minimum Gasteiger partial charge on any atom is -0.508 e. The van der Waals surface area contributed by atoms with Gasteiger partial charge in [0.05, 0.1) is 31.5 Å². The number of esters is 1. The molecule has 16 N–H and O–H groups in total. The molecule has 39 heteroatoms. The maximum Gasteiger partial charge on any atom is 0.340 e. The van der Waals surface area contributed by atoms with Crippen LogP contribution in [0.4, 0.5) is 5.69 Å². The van der Waals surface area contributed by atoms with Gasteiger partial charge in [0, 0.05) is 92.8 Å². The normalized spacial score (nSPS) is 19.9. The molecule has 1 spiro atoms. The number of hydrogen-bond acceptors (Lipinski definition) is 24. The Kier molecular flexibility index (Phi) is 28.3. The number of nitrogens with two attached hydrogens (primary N) is 1. The Morgan fingerprint density at radius 2 is 1.22 bits per heavy atom. The highest BCUT2D eigenvalue weighted by Gasteiger charge is 2.55. The Morgan fingerprint density at radius 3 is 1.84 bits per heavy atom. The van der Waals surface area contributed by atoms with Gasteiger partial charge < -0.3 is 117 Å². The summed E-state index contributed by atoms with van der Waals surface area (Å²) in [5.74, 6) is -13.3. The fourth-order valence-electron chi connectivity index (χ4n) is 15.2. The molecule has 10 amide bonds. The highest BCUT2D eigenvalue weighted by atomic mass is 32.1. The van der Waals surface area contributed by atoms with Crippen molar-refractivity contribution >= 4 is 112 Å². The number of carbonyl (C=O) groups is 14. The van der Waals surface area contributed by atoms with Crippen LogP contribution in [-0.2, 0) is 77.5 Å². The Balaban J connectivity index is 0.737. The number of hydrogen-bond donors (Lipinski definition) is 15. The Hall–Kier alpha value is -12.4. The third-order valence-electron chi connectivity index (χ3n) is 21.0. The number of likely N-dealkylation sites (tertiary alicyclic amines) is 4. The summed E-state index contributed by atoms with van der Waals surface area (Å²) in [4.78, 5) is 201. The first-order valence-electron chi connectivity index (χ1n) is 38.0. The van der Waals surface area contributed by atoms with Gasteiger partial charge >= 0.3 is 23.9 Å². The number of anilines is 1. The molecule has 4 aromatic carbocycles. The summed E-state index contributed by atoms with van der Waals surface area (Å²) in [7, 11) is 1.35. The number of oxime groups is 1. The number of primary amides is 1. The number of fused-ring (bicyclic) bond motifs is 6. The molecule has 0 bridgehead atoms.